The minimum Gasteiger partial charge on any atom is -0.273 e. The van der Waals surface area contributed by atoms with Crippen LogP contribution in [0.15, 0.2) is 64.6 Å². The topological polar surface area (TPSA) is 32.7 Å². The Hall–Kier alpha value is -2.07. The third-order valence-electron chi connectivity index (χ3n) is 4.14. The summed E-state index contributed by atoms with van der Waals surface area (Å²) in [5.41, 5.74) is 3.08. The number of rotatable bonds is 1. The number of amides is 1. The summed E-state index contributed by atoms with van der Waals surface area (Å²) < 4.78 is 0. The molecular weight excluding hydrogens is 292 g/mol. The Morgan fingerprint density at radius 1 is 1.05 bits per heavy atom. The first-order valence-corrected chi connectivity index (χ1v) is 8.50. The van der Waals surface area contributed by atoms with Crippen LogP contribution < -0.4 is 5.01 Å². The SMILES string of the molecule is O=C1CC2CCSc3ccccc3C2=NN1c1ccccc1. The van der Waals surface area contributed by atoms with Crippen molar-refractivity contribution in [1.82, 2.24) is 0 Å². The van der Waals surface area contributed by atoms with E-state index in [0.717, 1.165) is 23.6 Å². The van der Waals surface area contributed by atoms with Crippen molar-refractivity contribution in [2.45, 2.75) is 17.7 Å². The van der Waals surface area contributed by atoms with Crippen molar-refractivity contribution in [3.05, 3.63) is 60.2 Å². The molecule has 3 nitrogen and oxygen atoms in total. The predicted octanol–water partition coefficient (Wildman–Crippen LogP) is 3.94. The van der Waals surface area contributed by atoms with E-state index in [4.69, 9.17) is 5.10 Å². The van der Waals surface area contributed by atoms with E-state index in [1.165, 1.54) is 10.5 Å². The molecule has 2 aromatic rings. The first-order valence-electron chi connectivity index (χ1n) is 7.51. The molecule has 0 saturated carbocycles. The van der Waals surface area contributed by atoms with Gasteiger partial charge >= 0.3 is 0 Å². The Morgan fingerprint density at radius 3 is 2.68 bits per heavy atom. The van der Waals surface area contributed by atoms with Crippen molar-refractivity contribution in [3.63, 3.8) is 0 Å². The summed E-state index contributed by atoms with van der Waals surface area (Å²) in [5.74, 6) is 1.37. The Labute approximate surface area is 134 Å². The maximum atomic E-state index is 12.5. The highest BCUT2D eigenvalue weighted by molar-refractivity contribution is 7.99. The molecule has 4 heteroatoms. The van der Waals surface area contributed by atoms with Crippen molar-refractivity contribution in [2.24, 2.45) is 11.0 Å². The van der Waals surface area contributed by atoms with E-state index in [1.807, 2.05) is 48.2 Å². The van der Waals surface area contributed by atoms with Crippen LogP contribution in [0.4, 0.5) is 5.69 Å². The second-order valence-corrected chi connectivity index (χ2v) is 6.70. The van der Waals surface area contributed by atoms with Crippen LogP contribution in [0.5, 0.6) is 0 Å². The zero-order valence-corrected chi connectivity index (χ0v) is 12.9. The van der Waals surface area contributed by atoms with Gasteiger partial charge in [-0.3, -0.25) is 4.79 Å². The second kappa shape index (κ2) is 5.61. The van der Waals surface area contributed by atoms with Gasteiger partial charge in [0, 0.05) is 22.8 Å². The minimum atomic E-state index is 0.0873. The number of benzene rings is 2. The van der Waals surface area contributed by atoms with Gasteiger partial charge in [0.15, 0.2) is 0 Å². The van der Waals surface area contributed by atoms with Gasteiger partial charge in [0.1, 0.15) is 0 Å². The van der Waals surface area contributed by atoms with Crippen LogP contribution in [0.3, 0.4) is 0 Å². The first kappa shape index (κ1) is 13.6. The van der Waals surface area contributed by atoms with Crippen LogP contribution in [0, 0.1) is 5.92 Å². The molecule has 2 aliphatic rings. The summed E-state index contributed by atoms with van der Waals surface area (Å²) in [6, 6.07) is 18.1. The molecule has 0 radical (unpaired) electrons. The Balaban J connectivity index is 1.83. The fourth-order valence-electron chi connectivity index (χ4n) is 3.04. The van der Waals surface area contributed by atoms with Crippen LogP contribution >= 0.6 is 11.8 Å². The molecule has 0 fully saturated rings. The molecule has 0 spiro atoms. The molecule has 110 valence electrons. The summed E-state index contributed by atoms with van der Waals surface area (Å²) in [5, 5.41) is 6.31. The number of thioether (sulfide) groups is 1. The number of carbonyl (C=O) groups excluding carboxylic acids is 1. The number of hydrogen-bond donors (Lipinski definition) is 0. The van der Waals surface area contributed by atoms with Gasteiger partial charge in [-0.1, -0.05) is 36.4 Å². The van der Waals surface area contributed by atoms with E-state index in [0.29, 0.717) is 6.42 Å². The van der Waals surface area contributed by atoms with Crippen molar-refractivity contribution >= 4 is 29.1 Å². The molecule has 2 heterocycles. The Morgan fingerprint density at radius 2 is 1.82 bits per heavy atom. The van der Waals surface area contributed by atoms with Gasteiger partial charge in [-0.2, -0.15) is 5.10 Å². The molecule has 2 aromatic carbocycles. The summed E-state index contributed by atoms with van der Waals surface area (Å²) in [6.45, 7) is 0. The lowest BCUT2D eigenvalue weighted by Gasteiger charge is -2.28. The Kier molecular flexibility index (Phi) is 3.47. The third-order valence-corrected chi connectivity index (χ3v) is 5.25. The lowest BCUT2D eigenvalue weighted by atomic mass is 9.90. The highest BCUT2D eigenvalue weighted by atomic mass is 32.2. The van der Waals surface area contributed by atoms with Gasteiger partial charge in [0.05, 0.1) is 11.4 Å². The van der Waals surface area contributed by atoms with Gasteiger partial charge in [0.2, 0.25) is 5.91 Å². The summed E-state index contributed by atoms with van der Waals surface area (Å²) >= 11 is 1.86. The number of hydrazone groups is 1. The van der Waals surface area contributed by atoms with Crippen molar-refractivity contribution in [3.8, 4) is 0 Å². The molecule has 1 amide bonds. The average Bonchev–Trinajstić information content (AvgIpc) is 2.74. The molecule has 0 N–H and O–H groups in total. The van der Waals surface area contributed by atoms with Crippen LogP contribution in [0.1, 0.15) is 18.4 Å². The van der Waals surface area contributed by atoms with Crippen LogP contribution in [-0.2, 0) is 4.79 Å². The highest BCUT2D eigenvalue weighted by Crippen LogP contribution is 2.36. The van der Waals surface area contributed by atoms with Gasteiger partial charge in [-0.05, 0) is 30.4 Å². The molecule has 0 aliphatic carbocycles. The lowest BCUT2D eigenvalue weighted by Crippen LogP contribution is -2.37. The third kappa shape index (κ3) is 2.33. The molecule has 2 aliphatic heterocycles. The van der Waals surface area contributed by atoms with E-state index < -0.39 is 0 Å². The van der Waals surface area contributed by atoms with Crippen molar-refractivity contribution < 1.29 is 4.79 Å². The van der Waals surface area contributed by atoms with Gasteiger partial charge in [-0.25, -0.2) is 5.01 Å². The first-order chi connectivity index (χ1) is 10.8. The summed E-state index contributed by atoms with van der Waals surface area (Å²) in [6.07, 6.45) is 1.55. The average molecular weight is 308 g/mol. The van der Waals surface area contributed by atoms with Crippen molar-refractivity contribution in [2.75, 3.05) is 10.8 Å². The molecule has 0 aromatic heterocycles. The van der Waals surface area contributed by atoms with Gasteiger partial charge < -0.3 is 0 Å². The number of fused-ring (bicyclic) bond motifs is 3. The van der Waals surface area contributed by atoms with Gasteiger partial charge in [-0.15, -0.1) is 11.8 Å². The lowest BCUT2D eigenvalue weighted by molar-refractivity contribution is -0.119. The zero-order valence-electron chi connectivity index (χ0n) is 12.1. The van der Waals surface area contributed by atoms with Crippen molar-refractivity contribution in [1.29, 1.82) is 0 Å². The molecule has 0 saturated heterocycles. The summed E-state index contributed by atoms with van der Waals surface area (Å²) in [4.78, 5) is 13.8. The maximum absolute atomic E-state index is 12.5. The molecule has 1 atom stereocenters. The zero-order chi connectivity index (χ0) is 14.9. The van der Waals surface area contributed by atoms with E-state index >= 15 is 0 Å². The van der Waals surface area contributed by atoms with Crippen LogP contribution in [0.25, 0.3) is 0 Å². The monoisotopic (exact) mass is 308 g/mol. The second-order valence-electron chi connectivity index (χ2n) is 5.56. The highest BCUT2D eigenvalue weighted by Gasteiger charge is 2.33. The van der Waals surface area contributed by atoms with Crippen LogP contribution in [-0.4, -0.2) is 17.4 Å². The number of anilines is 1. The number of hydrogen-bond acceptors (Lipinski definition) is 3. The predicted molar refractivity (Wildman–Crippen MR) is 90.4 cm³/mol. The standard InChI is InChI=1S/C18H16N2OS/c21-17-12-13-10-11-22-16-9-5-4-8-15(16)18(13)19-20(17)14-6-2-1-3-7-14/h1-9,13H,10-12H2. The van der Waals surface area contributed by atoms with E-state index in [1.54, 1.807) is 5.01 Å². The van der Waals surface area contributed by atoms with Crippen LogP contribution in [0.2, 0.25) is 0 Å². The molecule has 4 rings (SSSR count). The largest absolute Gasteiger partial charge is 0.273 e. The van der Waals surface area contributed by atoms with E-state index in [9.17, 15) is 4.79 Å². The maximum Gasteiger partial charge on any atom is 0.248 e. The fourth-order valence-corrected chi connectivity index (χ4v) is 4.16. The number of nitrogens with zero attached hydrogens (tertiary/aromatic N) is 2. The molecule has 1 unspecified atom stereocenters. The smallest absolute Gasteiger partial charge is 0.248 e. The Bertz CT molecular complexity index is 742. The summed E-state index contributed by atoms with van der Waals surface area (Å²) in [7, 11) is 0. The minimum absolute atomic E-state index is 0.0873. The van der Waals surface area contributed by atoms with E-state index in [2.05, 4.69) is 18.2 Å². The van der Waals surface area contributed by atoms with Gasteiger partial charge in [0.25, 0.3) is 0 Å². The molecular formula is C18H16N2OS. The molecule has 22 heavy (non-hydrogen) atoms. The normalized spacial score (nSPS) is 20.7. The fraction of sp³-hybridized carbons (Fsp3) is 0.222. The van der Waals surface area contributed by atoms with E-state index in [-0.39, 0.29) is 11.8 Å². The molecule has 0 bridgehead atoms. The number of carbonyl (C=O) groups is 1. The number of para-hydroxylation sites is 1. The quantitative estimate of drug-likeness (QED) is 0.799.